The van der Waals surface area contributed by atoms with Crippen LogP contribution < -0.4 is 9.80 Å². The largest absolute Gasteiger partial charge is 0.394 e. The average Bonchev–Trinajstić information content (AvgIpc) is 3.30. The predicted molar refractivity (Wildman–Crippen MR) is 170 cm³/mol. The molecule has 2 aromatic rings. The molecule has 3 amide bonds. The molecular formula is C36H43N3O5. The monoisotopic (exact) mass is 597 g/mol. The summed E-state index contributed by atoms with van der Waals surface area (Å²) in [4.78, 5) is 49.5. The van der Waals surface area contributed by atoms with Gasteiger partial charge in [-0.05, 0) is 61.9 Å². The number of hydrogen-bond acceptors (Lipinski definition) is 5. The Morgan fingerprint density at radius 1 is 0.909 bits per heavy atom. The summed E-state index contributed by atoms with van der Waals surface area (Å²) >= 11 is 0. The Bertz CT molecular complexity index is 1520. The molecule has 0 saturated carbocycles. The zero-order valence-corrected chi connectivity index (χ0v) is 26.3. The fourth-order valence-electron chi connectivity index (χ4n) is 7.98. The molecule has 0 aliphatic carbocycles. The quantitative estimate of drug-likeness (QED) is 0.472. The maximum absolute atomic E-state index is 14.9. The lowest BCUT2D eigenvalue weighted by molar-refractivity contribution is -0.149. The summed E-state index contributed by atoms with van der Waals surface area (Å²) in [6, 6.07) is 13.8. The van der Waals surface area contributed by atoms with E-state index in [2.05, 4.69) is 0 Å². The number of amides is 3. The van der Waals surface area contributed by atoms with Crippen molar-refractivity contribution in [2.75, 3.05) is 29.5 Å². The zero-order chi connectivity index (χ0) is 31.4. The Balaban J connectivity index is 1.53. The molecule has 8 heteroatoms. The number of ether oxygens (including phenoxy) is 1. The van der Waals surface area contributed by atoms with Gasteiger partial charge in [0.05, 0.1) is 30.1 Å². The minimum atomic E-state index is -1.38. The van der Waals surface area contributed by atoms with E-state index in [-0.39, 0.29) is 30.2 Å². The van der Waals surface area contributed by atoms with Gasteiger partial charge in [-0.15, -0.1) is 0 Å². The van der Waals surface area contributed by atoms with Crippen molar-refractivity contribution < 1.29 is 24.2 Å². The van der Waals surface area contributed by atoms with E-state index in [1.54, 1.807) is 14.7 Å². The topological polar surface area (TPSA) is 90.4 Å². The van der Waals surface area contributed by atoms with Crippen molar-refractivity contribution >= 4 is 29.1 Å². The molecule has 4 aliphatic rings. The summed E-state index contributed by atoms with van der Waals surface area (Å²) in [5, 5.41) is 10.7. The fourth-order valence-corrected chi connectivity index (χ4v) is 7.98. The van der Waals surface area contributed by atoms with Crippen molar-refractivity contribution in [2.24, 2.45) is 17.8 Å². The molecule has 6 rings (SSSR count). The van der Waals surface area contributed by atoms with Crippen LogP contribution in [0.25, 0.3) is 0 Å². The van der Waals surface area contributed by atoms with Crippen LogP contribution >= 0.6 is 0 Å². The van der Waals surface area contributed by atoms with Gasteiger partial charge < -0.3 is 24.5 Å². The van der Waals surface area contributed by atoms with Crippen LogP contribution in [0.1, 0.15) is 44.7 Å². The first kappa shape index (κ1) is 30.3. The third kappa shape index (κ3) is 4.53. The second-order valence-corrected chi connectivity index (χ2v) is 13.2. The Labute approximate surface area is 260 Å². The van der Waals surface area contributed by atoms with E-state index in [1.165, 1.54) is 0 Å². The zero-order valence-electron chi connectivity index (χ0n) is 26.3. The van der Waals surface area contributed by atoms with Crippen LogP contribution in [0.15, 0.2) is 72.8 Å². The van der Waals surface area contributed by atoms with Gasteiger partial charge in [-0.3, -0.25) is 14.4 Å². The van der Waals surface area contributed by atoms with E-state index >= 15 is 0 Å². The van der Waals surface area contributed by atoms with Crippen LogP contribution in [-0.2, 0) is 19.1 Å². The molecule has 2 aromatic carbocycles. The number of carbonyl (C=O) groups excluding carboxylic acids is 3. The number of aryl methyl sites for hydroxylation is 2. The van der Waals surface area contributed by atoms with Gasteiger partial charge >= 0.3 is 0 Å². The van der Waals surface area contributed by atoms with Crippen molar-refractivity contribution in [2.45, 2.75) is 70.7 Å². The molecule has 1 unspecified atom stereocenters. The van der Waals surface area contributed by atoms with E-state index < -0.39 is 35.1 Å². The minimum Gasteiger partial charge on any atom is -0.394 e. The Kier molecular flexibility index (Phi) is 7.79. The lowest BCUT2D eigenvalue weighted by Gasteiger charge is -2.41. The number of likely N-dealkylation sites (tertiary alicyclic amines) is 1. The first-order valence-corrected chi connectivity index (χ1v) is 15.8. The van der Waals surface area contributed by atoms with Crippen LogP contribution in [-0.4, -0.2) is 70.7 Å². The summed E-state index contributed by atoms with van der Waals surface area (Å²) in [5.41, 5.74) is 1.03. The molecule has 1 spiro atoms. The smallest absolute Gasteiger partial charge is 0.253 e. The van der Waals surface area contributed by atoms with Gasteiger partial charge in [-0.1, -0.05) is 75.4 Å². The maximum Gasteiger partial charge on any atom is 0.253 e. The number of carbonyl (C=O) groups is 3. The fraction of sp³-hybridized carbons (Fsp3) is 0.472. The number of aliphatic hydroxyl groups is 1. The summed E-state index contributed by atoms with van der Waals surface area (Å²) in [6.45, 7) is 10.4. The number of para-hydroxylation sites is 1. The molecule has 4 aliphatic heterocycles. The number of rotatable bonds is 7. The summed E-state index contributed by atoms with van der Waals surface area (Å²) < 4.78 is 7.13. The molecule has 6 atom stereocenters. The summed E-state index contributed by atoms with van der Waals surface area (Å²) in [7, 11) is 0. The van der Waals surface area contributed by atoms with E-state index in [1.807, 2.05) is 107 Å². The highest BCUT2D eigenvalue weighted by molar-refractivity contribution is 6.08. The number of hydrogen-bond donors (Lipinski definition) is 1. The first-order chi connectivity index (χ1) is 21.1. The van der Waals surface area contributed by atoms with E-state index in [0.717, 1.165) is 22.5 Å². The summed E-state index contributed by atoms with van der Waals surface area (Å²) in [6.07, 6.45) is 8.66. The molecule has 8 nitrogen and oxygen atoms in total. The lowest BCUT2D eigenvalue weighted by Crippen LogP contribution is -2.59. The standard InChI is InChI=1S/C36H43N3O5/c1-6-35-16-10-18-37(26-12-8-7-9-13-26)32(41)29(35)30-33(42)39(27(22-40)20-23(2)3)31-34(43)38(19-11-17-36(30,31)44-35)28-21-24(4)14-15-25(28)5/h7-17,21,23,27,29-31,40H,6,18-20,22H2,1-5H3/t27-,29-,30+,31?,35+,36+/m1/s1. The van der Waals surface area contributed by atoms with Gasteiger partial charge in [0.25, 0.3) is 5.91 Å². The maximum atomic E-state index is 14.9. The van der Waals surface area contributed by atoms with Crippen LogP contribution in [0.5, 0.6) is 0 Å². The highest BCUT2D eigenvalue weighted by Crippen LogP contribution is 2.59. The molecule has 0 radical (unpaired) electrons. The van der Waals surface area contributed by atoms with E-state index in [9.17, 15) is 19.5 Å². The first-order valence-electron chi connectivity index (χ1n) is 15.8. The molecule has 2 fully saturated rings. The van der Waals surface area contributed by atoms with Gasteiger partial charge in [0.2, 0.25) is 11.8 Å². The SMILES string of the molecule is CC[C@]12C=CCN(c3ccccc3)C(=O)[C@H]1[C@H]1C(=O)N([C@@H](CO)CC(C)C)C3C(=O)N(c4cc(C)ccc4C)CC=C[C@@]31O2. The molecule has 4 heterocycles. The number of fused-ring (bicyclic) bond motifs is 2. The second kappa shape index (κ2) is 11.3. The van der Waals surface area contributed by atoms with Gasteiger partial charge in [0, 0.05) is 24.5 Å². The van der Waals surface area contributed by atoms with Crippen LogP contribution in [0.3, 0.4) is 0 Å². The number of benzene rings is 2. The lowest BCUT2D eigenvalue weighted by atomic mass is 9.73. The molecule has 0 aromatic heterocycles. The number of aliphatic hydroxyl groups excluding tert-OH is 1. The average molecular weight is 598 g/mol. The molecule has 232 valence electrons. The predicted octanol–water partition coefficient (Wildman–Crippen LogP) is 4.58. The second-order valence-electron chi connectivity index (χ2n) is 13.2. The molecule has 1 N–H and O–H groups in total. The number of nitrogens with zero attached hydrogens (tertiary/aromatic N) is 3. The van der Waals surface area contributed by atoms with Crippen molar-refractivity contribution in [1.82, 2.24) is 4.90 Å². The molecule has 0 bridgehead atoms. The van der Waals surface area contributed by atoms with Crippen molar-refractivity contribution in [3.05, 3.63) is 84.0 Å². The molecule has 44 heavy (non-hydrogen) atoms. The van der Waals surface area contributed by atoms with Gasteiger partial charge in [-0.25, -0.2) is 0 Å². The highest BCUT2D eigenvalue weighted by atomic mass is 16.5. The van der Waals surface area contributed by atoms with E-state index in [0.29, 0.717) is 25.9 Å². The minimum absolute atomic E-state index is 0.162. The van der Waals surface area contributed by atoms with E-state index in [4.69, 9.17) is 4.74 Å². The highest BCUT2D eigenvalue weighted by Gasteiger charge is 2.76. The third-order valence-electron chi connectivity index (χ3n) is 9.95. The van der Waals surface area contributed by atoms with Gasteiger partial charge in [0.1, 0.15) is 11.6 Å². The van der Waals surface area contributed by atoms with Crippen molar-refractivity contribution in [3.8, 4) is 0 Å². The van der Waals surface area contributed by atoms with Gasteiger partial charge in [-0.2, -0.15) is 0 Å². The third-order valence-corrected chi connectivity index (χ3v) is 9.95. The number of anilines is 2. The summed E-state index contributed by atoms with van der Waals surface area (Å²) in [5.74, 6) is -2.40. The van der Waals surface area contributed by atoms with Crippen molar-refractivity contribution in [1.29, 1.82) is 0 Å². The molecular weight excluding hydrogens is 554 g/mol. The van der Waals surface area contributed by atoms with Crippen molar-refractivity contribution in [3.63, 3.8) is 0 Å². The Morgan fingerprint density at radius 2 is 1.61 bits per heavy atom. The van der Waals surface area contributed by atoms with Crippen LogP contribution in [0.2, 0.25) is 0 Å². The van der Waals surface area contributed by atoms with Crippen LogP contribution in [0.4, 0.5) is 11.4 Å². The Morgan fingerprint density at radius 3 is 2.30 bits per heavy atom. The normalized spacial score (nSPS) is 30.4. The Hall–Kier alpha value is -3.75. The van der Waals surface area contributed by atoms with Gasteiger partial charge in [0.15, 0.2) is 0 Å². The van der Waals surface area contributed by atoms with Crippen LogP contribution in [0, 0.1) is 31.6 Å². The molecule has 2 saturated heterocycles.